The predicted molar refractivity (Wildman–Crippen MR) is 78.9 cm³/mol. The molecule has 0 aromatic heterocycles. The summed E-state index contributed by atoms with van der Waals surface area (Å²) in [6.07, 6.45) is 2.94. The molecule has 5 nitrogen and oxygen atoms in total. The second kappa shape index (κ2) is 5.55. The maximum atomic E-state index is 13.5. The Morgan fingerprint density at radius 1 is 1.38 bits per heavy atom. The van der Waals surface area contributed by atoms with Gasteiger partial charge in [-0.2, -0.15) is 0 Å². The van der Waals surface area contributed by atoms with Crippen molar-refractivity contribution in [2.24, 2.45) is 0 Å². The van der Waals surface area contributed by atoms with Crippen molar-refractivity contribution < 1.29 is 17.9 Å². The van der Waals surface area contributed by atoms with E-state index in [0.717, 1.165) is 18.9 Å². The Balaban J connectivity index is 2.30. The maximum Gasteiger partial charge on any atom is 0.241 e. The molecule has 0 bridgehead atoms. The maximum absolute atomic E-state index is 13.5. The van der Waals surface area contributed by atoms with E-state index < -0.39 is 21.4 Å². The summed E-state index contributed by atoms with van der Waals surface area (Å²) in [5.41, 5.74) is 4.91. The van der Waals surface area contributed by atoms with Crippen molar-refractivity contribution in [3.05, 3.63) is 23.0 Å². The van der Waals surface area contributed by atoms with Crippen LogP contribution in [0, 0.1) is 19.7 Å². The number of hydrogen-bond donors (Lipinski definition) is 3. The molecule has 21 heavy (non-hydrogen) atoms. The van der Waals surface area contributed by atoms with Gasteiger partial charge in [-0.05, 0) is 43.9 Å². The second-order valence-corrected chi connectivity index (χ2v) is 7.50. The highest BCUT2D eigenvalue weighted by molar-refractivity contribution is 7.89. The van der Waals surface area contributed by atoms with Gasteiger partial charge in [-0.15, -0.1) is 0 Å². The standard InChI is InChI=1S/C14H21FN2O3S/c1-9-7-11(15)12(16)10(2)13(9)21(19,20)17-8-14(18)5-3-4-6-14/h7,17-18H,3-6,8,16H2,1-2H3. The minimum absolute atomic E-state index is 0.0111. The number of rotatable bonds is 4. The fraction of sp³-hybridized carbons (Fsp3) is 0.571. The number of hydrogen-bond acceptors (Lipinski definition) is 4. The van der Waals surface area contributed by atoms with Gasteiger partial charge in [0.25, 0.3) is 0 Å². The number of sulfonamides is 1. The smallest absolute Gasteiger partial charge is 0.241 e. The largest absolute Gasteiger partial charge is 0.396 e. The summed E-state index contributed by atoms with van der Waals surface area (Å²) in [6.45, 7) is 2.96. The van der Waals surface area contributed by atoms with Gasteiger partial charge in [0, 0.05) is 6.54 Å². The van der Waals surface area contributed by atoms with Gasteiger partial charge in [-0.1, -0.05) is 12.8 Å². The lowest BCUT2D eigenvalue weighted by atomic mass is 10.0. The van der Waals surface area contributed by atoms with Gasteiger partial charge in [0.15, 0.2) is 0 Å². The zero-order valence-electron chi connectivity index (χ0n) is 12.2. The molecule has 4 N–H and O–H groups in total. The van der Waals surface area contributed by atoms with Gasteiger partial charge < -0.3 is 10.8 Å². The molecule has 0 saturated heterocycles. The number of benzene rings is 1. The van der Waals surface area contributed by atoms with Crippen molar-refractivity contribution >= 4 is 15.7 Å². The van der Waals surface area contributed by atoms with E-state index in [1.165, 1.54) is 13.8 Å². The lowest BCUT2D eigenvalue weighted by Crippen LogP contribution is -2.41. The van der Waals surface area contributed by atoms with Crippen LogP contribution in [-0.2, 0) is 10.0 Å². The molecule has 0 aliphatic heterocycles. The minimum Gasteiger partial charge on any atom is -0.396 e. The highest BCUT2D eigenvalue weighted by Gasteiger charge is 2.33. The third-order valence-corrected chi connectivity index (χ3v) is 5.79. The Labute approximate surface area is 124 Å². The molecule has 0 radical (unpaired) electrons. The fourth-order valence-electron chi connectivity index (χ4n) is 2.86. The second-order valence-electron chi connectivity index (χ2n) is 5.80. The van der Waals surface area contributed by atoms with Crippen LogP contribution in [0.3, 0.4) is 0 Å². The molecular weight excluding hydrogens is 295 g/mol. The van der Waals surface area contributed by atoms with Crippen molar-refractivity contribution in [3.8, 4) is 0 Å². The molecule has 0 atom stereocenters. The van der Waals surface area contributed by atoms with Crippen LogP contribution in [0.1, 0.15) is 36.8 Å². The average molecular weight is 316 g/mol. The third-order valence-electron chi connectivity index (χ3n) is 4.10. The number of aliphatic hydroxyl groups is 1. The number of aryl methyl sites for hydroxylation is 1. The van der Waals surface area contributed by atoms with Gasteiger partial charge in [-0.3, -0.25) is 0 Å². The molecule has 2 rings (SSSR count). The number of anilines is 1. The van der Waals surface area contributed by atoms with Crippen LogP contribution in [0.4, 0.5) is 10.1 Å². The summed E-state index contributed by atoms with van der Waals surface area (Å²) in [6, 6.07) is 1.11. The summed E-state index contributed by atoms with van der Waals surface area (Å²) in [5.74, 6) is -0.627. The summed E-state index contributed by atoms with van der Waals surface area (Å²) < 4.78 is 40.8. The number of nitrogens with one attached hydrogen (secondary N) is 1. The number of nitrogens with two attached hydrogens (primary N) is 1. The Bertz CT molecular complexity index is 653. The van der Waals surface area contributed by atoms with Crippen LogP contribution in [0.15, 0.2) is 11.0 Å². The van der Waals surface area contributed by atoms with E-state index >= 15 is 0 Å². The quantitative estimate of drug-likeness (QED) is 0.736. The van der Waals surface area contributed by atoms with Gasteiger partial charge >= 0.3 is 0 Å². The monoisotopic (exact) mass is 316 g/mol. The van der Waals surface area contributed by atoms with Crippen LogP contribution in [0.25, 0.3) is 0 Å². The van der Waals surface area contributed by atoms with E-state index in [2.05, 4.69) is 4.72 Å². The minimum atomic E-state index is -3.84. The molecule has 0 spiro atoms. The molecule has 118 valence electrons. The van der Waals surface area contributed by atoms with E-state index in [1.54, 1.807) is 0 Å². The highest BCUT2D eigenvalue weighted by Crippen LogP contribution is 2.30. The van der Waals surface area contributed by atoms with Crippen LogP contribution < -0.4 is 10.5 Å². The molecule has 0 heterocycles. The molecule has 1 aromatic rings. The molecular formula is C14H21FN2O3S. The summed E-state index contributed by atoms with van der Waals surface area (Å²) >= 11 is 0. The summed E-state index contributed by atoms with van der Waals surface area (Å²) in [4.78, 5) is -0.0111. The SMILES string of the molecule is Cc1cc(F)c(N)c(C)c1S(=O)(=O)NCC1(O)CCCC1. The molecule has 1 aliphatic rings. The lowest BCUT2D eigenvalue weighted by Gasteiger charge is -2.23. The number of nitrogen functional groups attached to an aromatic ring is 1. The van der Waals surface area contributed by atoms with E-state index in [4.69, 9.17) is 5.73 Å². The fourth-order valence-corrected chi connectivity index (χ4v) is 4.45. The first kappa shape index (κ1) is 16.2. The van der Waals surface area contributed by atoms with Crippen molar-refractivity contribution in [3.63, 3.8) is 0 Å². The molecule has 1 aliphatic carbocycles. The Hall–Kier alpha value is -1.18. The summed E-state index contributed by atoms with van der Waals surface area (Å²) in [7, 11) is -3.84. The van der Waals surface area contributed by atoms with Crippen molar-refractivity contribution in [1.82, 2.24) is 4.72 Å². The Kier molecular flexibility index (Phi) is 4.28. The first-order chi connectivity index (χ1) is 9.66. The zero-order valence-corrected chi connectivity index (χ0v) is 13.1. The first-order valence-corrected chi connectivity index (χ1v) is 8.42. The average Bonchev–Trinajstić information content (AvgIpc) is 2.81. The van der Waals surface area contributed by atoms with Gasteiger partial charge in [-0.25, -0.2) is 17.5 Å². The molecule has 1 saturated carbocycles. The number of halogens is 1. The predicted octanol–water partition coefficient (Wildman–Crippen LogP) is 1.61. The molecule has 7 heteroatoms. The highest BCUT2D eigenvalue weighted by atomic mass is 32.2. The van der Waals surface area contributed by atoms with Crippen molar-refractivity contribution in [1.29, 1.82) is 0 Å². The van der Waals surface area contributed by atoms with E-state index in [-0.39, 0.29) is 22.7 Å². The van der Waals surface area contributed by atoms with Crippen molar-refractivity contribution in [2.45, 2.75) is 50.0 Å². The summed E-state index contributed by atoms with van der Waals surface area (Å²) in [5, 5.41) is 10.2. The molecule has 1 fully saturated rings. The Morgan fingerprint density at radius 2 is 1.95 bits per heavy atom. The molecule has 0 amide bonds. The van der Waals surface area contributed by atoms with Gasteiger partial charge in [0.2, 0.25) is 10.0 Å². The van der Waals surface area contributed by atoms with Crippen LogP contribution in [0.2, 0.25) is 0 Å². The Morgan fingerprint density at radius 3 is 2.52 bits per heavy atom. The first-order valence-electron chi connectivity index (χ1n) is 6.93. The molecule has 0 unspecified atom stereocenters. The topological polar surface area (TPSA) is 92.4 Å². The van der Waals surface area contributed by atoms with E-state index in [1.807, 2.05) is 0 Å². The van der Waals surface area contributed by atoms with Crippen LogP contribution in [0.5, 0.6) is 0 Å². The third kappa shape index (κ3) is 3.20. The normalized spacial score (nSPS) is 18.1. The van der Waals surface area contributed by atoms with Gasteiger partial charge in [0.05, 0.1) is 16.2 Å². The van der Waals surface area contributed by atoms with Crippen LogP contribution in [-0.4, -0.2) is 25.7 Å². The molecule has 1 aromatic carbocycles. The van der Waals surface area contributed by atoms with Crippen molar-refractivity contribution in [2.75, 3.05) is 12.3 Å². The lowest BCUT2D eigenvalue weighted by molar-refractivity contribution is 0.0531. The van der Waals surface area contributed by atoms with Gasteiger partial charge in [0.1, 0.15) is 5.82 Å². The van der Waals surface area contributed by atoms with E-state index in [9.17, 15) is 17.9 Å². The van der Waals surface area contributed by atoms with Crippen LogP contribution >= 0.6 is 0 Å². The zero-order chi connectivity index (χ0) is 15.8. The van der Waals surface area contributed by atoms with E-state index in [0.29, 0.717) is 18.4 Å².